The number of methoxy groups -OCH3 is 1. The lowest BCUT2D eigenvalue weighted by molar-refractivity contribution is -0.142. The van der Waals surface area contributed by atoms with Crippen molar-refractivity contribution in [2.75, 3.05) is 13.7 Å². The number of rotatable bonds is 10. The Labute approximate surface area is 193 Å². The van der Waals surface area contributed by atoms with Crippen molar-refractivity contribution in [3.8, 4) is 11.5 Å². The third-order valence-corrected chi connectivity index (χ3v) is 5.67. The highest BCUT2D eigenvalue weighted by molar-refractivity contribution is 6.42. The molecule has 8 heteroatoms. The zero-order valence-electron chi connectivity index (χ0n) is 18.2. The minimum absolute atomic E-state index is 0.00688. The maximum atomic E-state index is 13.0. The highest BCUT2D eigenvalue weighted by atomic mass is 35.5. The van der Waals surface area contributed by atoms with Crippen LogP contribution in [-0.2, 0) is 16.1 Å². The fourth-order valence-electron chi connectivity index (χ4n) is 2.78. The number of carbonyl (C=O) groups excluding carboxylic acids is 2. The highest BCUT2D eigenvalue weighted by Crippen LogP contribution is 2.24. The van der Waals surface area contributed by atoms with E-state index >= 15 is 0 Å². The second-order valence-electron chi connectivity index (χ2n) is 7.23. The maximum absolute atomic E-state index is 13.0. The average molecular weight is 467 g/mol. The molecule has 0 radical (unpaired) electrons. The molecule has 0 aromatic heterocycles. The van der Waals surface area contributed by atoms with Crippen molar-refractivity contribution < 1.29 is 19.1 Å². The largest absolute Gasteiger partial charge is 0.497 e. The first-order valence-electron chi connectivity index (χ1n) is 10.1. The molecule has 168 valence electrons. The molecule has 0 saturated heterocycles. The molecule has 1 N–H and O–H groups in total. The van der Waals surface area contributed by atoms with Crippen LogP contribution in [0.25, 0.3) is 0 Å². The van der Waals surface area contributed by atoms with Crippen LogP contribution in [-0.4, -0.2) is 42.5 Å². The van der Waals surface area contributed by atoms with Gasteiger partial charge in [0.1, 0.15) is 17.5 Å². The number of halogens is 2. The monoisotopic (exact) mass is 466 g/mol. The molecule has 0 unspecified atom stereocenters. The number of amides is 2. The summed E-state index contributed by atoms with van der Waals surface area (Å²) in [6.45, 7) is 5.57. The van der Waals surface area contributed by atoms with E-state index in [0.29, 0.717) is 21.5 Å². The summed E-state index contributed by atoms with van der Waals surface area (Å²) in [5, 5.41) is 3.73. The third kappa shape index (κ3) is 7.33. The molecule has 0 aliphatic carbocycles. The van der Waals surface area contributed by atoms with Crippen LogP contribution in [0.4, 0.5) is 0 Å². The number of nitrogens with one attached hydrogen (secondary N) is 1. The predicted molar refractivity (Wildman–Crippen MR) is 123 cm³/mol. The van der Waals surface area contributed by atoms with Crippen LogP contribution in [0.1, 0.15) is 32.8 Å². The van der Waals surface area contributed by atoms with E-state index < -0.39 is 6.04 Å². The van der Waals surface area contributed by atoms with Gasteiger partial charge in [0.2, 0.25) is 5.91 Å². The summed E-state index contributed by atoms with van der Waals surface area (Å²) in [5.41, 5.74) is 0.760. The zero-order valence-corrected chi connectivity index (χ0v) is 19.7. The Balaban J connectivity index is 2.16. The number of hydrogen-bond acceptors (Lipinski definition) is 4. The first-order valence-corrected chi connectivity index (χ1v) is 10.8. The number of ether oxygens (including phenoxy) is 2. The summed E-state index contributed by atoms with van der Waals surface area (Å²) in [6.07, 6.45) is 0.791. The Morgan fingerprint density at radius 3 is 2.26 bits per heavy atom. The Hall–Kier alpha value is -2.44. The molecule has 2 rings (SSSR count). The molecule has 6 nitrogen and oxygen atoms in total. The zero-order chi connectivity index (χ0) is 23.0. The fraction of sp³-hybridized carbons (Fsp3) is 0.391. The van der Waals surface area contributed by atoms with E-state index in [4.69, 9.17) is 32.7 Å². The topological polar surface area (TPSA) is 67.9 Å². The van der Waals surface area contributed by atoms with Crippen LogP contribution in [0, 0.1) is 0 Å². The molecule has 0 aliphatic heterocycles. The first-order chi connectivity index (χ1) is 14.7. The van der Waals surface area contributed by atoms with Crippen LogP contribution >= 0.6 is 23.2 Å². The lowest BCUT2D eigenvalue weighted by atomic mass is 10.1. The van der Waals surface area contributed by atoms with E-state index in [1.165, 1.54) is 4.90 Å². The summed E-state index contributed by atoms with van der Waals surface area (Å²) >= 11 is 12.1. The van der Waals surface area contributed by atoms with E-state index in [1.54, 1.807) is 56.5 Å². The second-order valence-corrected chi connectivity index (χ2v) is 8.04. The molecule has 2 aromatic rings. The highest BCUT2D eigenvalue weighted by Gasteiger charge is 2.27. The van der Waals surface area contributed by atoms with Crippen molar-refractivity contribution in [1.29, 1.82) is 0 Å². The predicted octanol–water partition coefficient (Wildman–Crippen LogP) is 4.71. The Bertz CT molecular complexity index is 890. The molecule has 0 bridgehead atoms. The Kier molecular flexibility index (Phi) is 9.46. The van der Waals surface area contributed by atoms with Gasteiger partial charge in [0.25, 0.3) is 5.91 Å². The van der Waals surface area contributed by atoms with E-state index in [-0.39, 0.29) is 31.0 Å². The van der Waals surface area contributed by atoms with Crippen molar-refractivity contribution in [1.82, 2.24) is 10.2 Å². The smallest absolute Gasteiger partial charge is 0.261 e. The van der Waals surface area contributed by atoms with E-state index in [9.17, 15) is 9.59 Å². The van der Waals surface area contributed by atoms with E-state index in [0.717, 1.165) is 12.0 Å². The minimum Gasteiger partial charge on any atom is -0.497 e. The van der Waals surface area contributed by atoms with E-state index in [2.05, 4.69) is 5.32 Å². The van der Waals surface area contributed by atoms with Crippen molar-refractivity contribution >= 4 is 35.0 Å². The number of carbonyl (C=O) groups is 2. The van der Waals surface area contributed by atoms with Crippen LogP contribution in [0.3, 0.4) is 0 Å². The molecule has 31 heavy (non-hydrogen) atoms. The molecule has 2 atom stereocenters. The summed E-state index contributed by atoms with van der Waals surface area (Å²) in [6, 6.07) is 11.4. The van der Waals surface area contributed by atoms with Gasteiger partial charge in [0, 0.05) is 12.6 Å². The van der Waals surface area contributed by atoms with Gasteiger partial charge in [-0.2, -0.15) is 0 Å². The molecular weight excluding hydrogens is 439 g/mol. The van der Waals surface area contributed by atoms with Crippen LogP contribution in [0.5, 0.6) is 11.5 Å². The molecule has 0 fully saturated rings. The van der Waals surface area contributed by atoms with Crippen molar-refractivity contribution in [3.05, 3.63) is 58.1 Å². The minimum atomic E-state index is -0.699. The van der Waals surface area contributed by atoms with E-state index in [1.807, 2.05) is 13.8 Å². The third-order valence-electron chi connectivity index (χ3n) is 4.93. The van der Waals surface area contributed by atoms with Gasteiger partial charge < -0.3 is 19.7 Å². The van der Waals surface area contributed by atoms with Gasteiger partial charge in [-0.25, -0.2) is 0 Å². The lowest BCUT2D eigenvalue weighted by Gasteiger charge is -2.29. The fourth-order valence-corrected chi connectivity index (χ4v) is 3.10. The van der Waals surface area contributed by atoms with Crippen molar-refractivity contribution in [2.45, 2.75) is 45.8 Å². The standard InChI is InChI=1S/C23H28Cl2N2O4/c1-5-15(2)26-23(29)16(3)27(13-17-6-11-20(24)21(25)12-17)22(28)14-31-19-9-7-18(30-4)8-10-19/h6-12,15-16H,5,13-14H2,1-4H3,(H,26,29)/t15-,16-/m1/s1. The maximum Gasteiger partial charge on any atom is 0.261 e. The Morgan fingerprint density at radius 2 is 1.68 bits per heavy atom. The van der Waals surface area contributed by atoms with Crippen LogP contribution < -0.4 is 14.8 Å². The molecule has 0 saturated carbocycles. The number of hydrogen-bond donors (Lipinski definition) is 1. The van der Waals surface area contributed by atoms with Crippen LogP contribution in [0.15, 0.2) is 42.5 Å². The first kappa shape index (κ1) is 24.8. The number of benzene rings is 2. The lowest BCUT2D eigenvalue weighted by Crippen LogP contribution is -2.50. The quantitative estimate of drug-likeness (QED) is 0.550. The van der Waals surface area contributed by atoms with Gasteiger partial charge in [-0.15, -0.1) is 0 Å². The molecule has 0 aliphatic rings. The summed E-state index contributed by atoms with van der Waals surface area (Å²) in [4.78, 5) is 27.2. The summed E-state index contributed by atoms with van der Waals surface area (Å²) < 4.78 is 10.8. The van der Waals surface area contributed by atoms with Gasteiger partial charge in [-0.05, 0) is 62.2 Å². The van der Waals surface area contributed by atoms with Crippen molar-refractivity contribution in [2.24, 2.45) is 0 Å². The molecule has 0 spiro atoms. The SMILES string of the molecule is CC[C@@H](C)NC(=O)[C@@H](C)N(Cc1ccc(Cl)c(Cl)c1)C(=O)COc1ccc(OC)cc1. The van der Waals surface area contributed by atoms with Crippen LogP contribution in [0.2, 0.25) is 10.0 Å². The van der Waals surface area contributed by atoms with Gasteiger partial charge >= 0.3 is 0 Å². The van der Waals surface area contributed by atoms with Crippen molar-refractivity contribution in [3.63, 3.8) is 0 Å². The summed E-state index contributed by atoms with van der Waals surface area (Å²) in [5.74, 6) is 0.663. The number of nitrogens with zero attached hydrogens (tertiary/aromatic N) is 1. The second kappa shape index (κ2) is 11.8. The van der Waals surface area contributed by atoms with Gasteiger partial charge in [0.05, 0.1) is 17.2 Å². The molecule has 2 amide bonds. The summed E-state index contributed by atoms with van der Waals surface area (Å²) in [7, 11) is 1.58. The normalized spacial score (nSPS) is 12.6. The molecular formula is C23H28Cl2N2O4. The van der Waals surface area contributed by atoms with Gasteiger partial charge in [-0.1, -0.05) is 36.2 Å². The average Bonchev–Trinajstić information content (AvgIpc) is 2.77. The Morgan fingerprint density at radius 1 is 1.03 bits per heavy atom. The molecule has 0 heterocycles. The van der Waals surface area contributed by atoms with Gasteiger partial charge in [0.15, 0.2) is 6.61 Å². The molecule has 2 aromatic carbocycles. The van der Waals surface area contributed by atoms with Gasteiger partial charge in [-0.3, -0.25) is 9.59 Å².